The number of aliphatic hydroxyl groups is 1. The van der Waals surface area contributed by atoms with Crippen molar-refractivity contribution in [3.63, 3.8) is 0 Å². The fourth-order valence-electron chi connectivity index (χ4n) is 1.93. The van der Waals surface area contributed by atoms with Gasteiger partial charge >= 0.3 is 0 Å². The summed E-state index contributed by atoms with van der Waals surface area (Å²) in [5.41, 5.74) is -0.717. The van der Waals surface area contributed by atoms with Crippen LogP contribution < -0.4 is 4.74 Å². The van der Waals surface area contributed by atoms with Gasteiger partial charge in [0.15, 0.2) is 0 Å². The van der Waals surface area contributed by atoms with Gasteiger partial charge in [0.05, 0.1) is 5.60 Å². The second kappa shape index (κ2) is 5.40. The molecule has 0 aromatic heterocycles. The molecule has 2 rings (SSSR count). The van der Waals surface area contributed by atoms with Crippen LogP contribution in [0, 0.1) is 0 Å². The van der Waals surface area contributed by atoms with Crippen molar-refractivity contribution in [2.24, 2.45) is 0 Å². The number of hydrogen-bond acceptors (Lipinski definition) is 2. The third kappa shape index (κ3) is 2.82. The third-order valence-electron chi connectivity index (χ3n) is 3.54. The third-order valence-corrected chi connectivity index (χ3v) is 3.54. The van der Waals surface area contributed by atoms with Gasteiger partial charge in [0.1, 0.15) is 12.4 Å². The first-order chi connectivity index (χ1) is 8.67. The molecule has 0 fully saturated rings. The fraction of sp³-hybridized carbons (Fsp3) is 0.375. The summed E-state index contributed by atoms with van der Waals surface area (Å²) in [5.74, 6) is 0.814. The summed E-state index contributed by atoms with van der Waals surface area (Å²) in [6.45, 7) is 4.30. The quantitative estimate of drug-likeness (QED) is 0.867. The smallest absolute Gasteiger partial charge is 0.120 e. The van der Waals surface area contributed by atoms with Crippen LogP contribution in [0.4, 0.5) is 0 Å². The van der Waals surface area contributed by atoms with E-state index in [0.717, 1.165) is 11.1 Å². The van der Waals surface area contributed by atoms with Crippen LogP contribution in [0.25, 0.3) is 10.8 Å². The first kappa shape index (κ1) is 12.9. The Morgan fingerprint density at radius 2 is 1.67 bits per heavy atom. The van der Waals surface area contributed by atoms with E-state index < -0.39 is 5.60 Å². The predicted octanol–water partition coefficient (Wildman–Crippen LogP) is 3.77. The molecule has 0 saturated carbocycles. The molecule has 2 nitrogen and oxygen atoms in total. The average Bonchev–Trinajstić information content (AvgIpc) is 2.44. The molecule has 0 saturated heterocycles. The van der Waals surface area contributed by atoms with Crippen LogP contribution in [0.1, 0.15) is 26.7 Å². The summed E-state index contributed by atoms with van der Waals surface area (Å²) >= 11 is 0. The molecule has 0 unspecified atom stereocenters. The molecular formula is C16H20O2. The lowest BCUT2D eigenvalue weighted by atomic mass is 9.99. The predicted molar refractivity (Wildman–Crippen MR) is 75.0 cm³/mol. The molecular weight excluding hydrogens is 224 g/mol. The van der Waals surface area contributed by atoms with Crippen LogP contribution in [0.15, 0.2) is 42.5 Å². The van der Waals surface area contributed by atoms with Crippen LogP contribution in [0.3, 0.4) is 0 Å². The molecule has 0 aliphatic heterocycles. The van der Waals surface area contributed by atoms with Crippen molar-refractivity contribution in [2.75, 3.05) is 6.61 Å². The maximum atomic E-state index is 10.2. The zero-order chi connectivity index (χ0) is 13.0. The van der Waals surface area contributed by atoms with Gasteiger partial charge in [0.25, 0.3) is 0 Å². The molecule has 2 aromatic carbocycles. The summed E-state index contributed by atoms with van der Waals surface area (Å²) in [6.07, 6.45) is 1.41. The number of fused-ring (bicyclic) bond motifs is 1. The molecule has 0 aliphatic rings. The van der Waals surface area contributed by atoms with Gasteiger partial charge in [-0.25, -0.2) is 0 Å². The van der Waals surface area contributed by atoms with E-state index in [1.807, 2.05) is 44.2 Å². The molecule has 0 heterocycles. The van der Waals surface area contributed by atoms with E-state index >= 15 is 0 Å². The molecule has 2 aromatic rings. The Morgan fingerprint density at radius 3 is 2.33 bits per heavy atom. The minimum Gasteiger partial charge on any atom is -0.491 e. The summed E-state index contributed by atoms with van der Waals surface area (Å²) < 4.78 is 5.71. The first-order valence-electron chi connectivity index (χ1n) is 6.51. The molecule has 2 heteroatoms. The molecule has 18 heavy (non-hydrogen) atoms. The van der Waals surface area contributed by atoms with Gasteiger partial charge in [-0.1, -0.05) is 44.2 Å². The molecule has 0 atom stereocenters. The van der Waals surface area contributed by atoms with Gasteiger partial charge < -0.3 is 9.84 Å². The van der Waals surface area contributed by atoms with Crippen LogP contribution >= 0.6 is 0 Å². The highest BCUT2D eigenvalue weighted by Crippen LogP contribution is 2.22. The maximum absolute atomic E-state index is 10.2. The summed E-state index contributed by atoms with van der Waals surface area (Å²) in [7, 11) is 0. The minimum atomic E-state index is -0.717. The van der Waals surface area contributed by atoms with Gasteiger partial charge in [-0.2, -0.15) is 0 Å². The Labute approximate surface area is 108 Å². The number of benzene rings is 2. The van der Waals surface area contributed by atoms with Crippen molar-refractivity contribution in [1.29, 1.82) is 0 Å². The van der Waals surface area contributed by atoms with E-state index in [1.165, 1.54) is 5.39 Å². The molecule has 1 N–H and O–H groups in total. The Balaban J connectivity index is 2.12. The first-order valence-corrected chi connectivity index (χ1v) is 6.51. The lowest BCUT2D eigenvalue weighted by Crippen LogP contribution is -2.34. The van der Waals surface area contributed by atoms with Gasteiger partial charge in [-0.15, -0.1) is 0 Å². The maximum Gasteiger partial charge on any atom is 0.120 e. The van der Waals surface area contributed by atoms with Gasteiger partial charge in [0, 0.05) is 0 Å². The number of rotatable bonds is 5. The Hall–Kier alpha value is -1.54. The standard InChI is InChI=1S/C16H20O2/c1-3-16(17,4-2)12-18-15-10-9-13-7-5-6-8-14(13)11-15/h5-11,17H,3-4,12H2,1-2H3. The molecule has 0 amide bonds. The van der Waals surface area contributed by atoms with Crippen molar-refractivity contribution in [3.8, 4) is 5.75 Å². The van der Waals surface area contributed by atoms with Crippen molar-refractivity contribution in [3.05, 3.63) is 42.5 Å². The Kier molecular flexibility index (Phi) is 3.87. The zero-order valence-corrected chi connectivity index (χ0v) is 11.0. The molecule has 96 valence electrons. The largest absolute Gasteiger partial charge is 0.491 e. The fourth-order valence-corrected chi connectivity index (χ4v) is 1.93. The lowest BCUT2D eigenvalue weighted by Gasteiger charge is -2.25. The summed E-state index contributed by atoms with van der Waals surface area (Å²) in [5, 5.41) is 12.5. The van der Waals surface area contributed by atoms with Gasteiger partial charge in [-0.05, 0) is 35.7 Å². The van der Waals surface area contributed by atoms with E-state index in [9.17, 15) is 5.11 Å². The zero-order valence-electron chi connectivity index (χ0n) is 11.0. The average molecular weight is 244 g/mol. The van der Waals surface area contributed by atoms with E-state index in [1.54, 1.807) is 0 Å². The van der Waals surface area contributed by atoms with E-state index in [4.69, 9.17) is 4.74 Å². The van der Waals surface area contributed by atoms with Gasteiger partial charge in [0.2, 0.25) is 0 Å². The highest BCUT2D eigenvalue weighted by Gasteiger charge is 2.22. The van der Waals surface area contributed by atoms with Crippen molar-refractivity contribution in [1.82, 2.24) is 0 Å². The van der Waals surface area contributed by atoms with Crippen molar-refractivity contribution in [2.45, 2.75) is 32.3 Å². The van der Waals surface area contributed by atoms with Crippen LogP contribution in [0.5, 0.6) is 5.75 Å². The second-order valence-corrected chi connectivity index (χ2v) is 4.73. The van der Waals surface area contributed by atoms with E-state index in [2.05, 4.69) is 12.1 Å². The van der Waals surface area contributed by atoms with Crippen LogP contribution in [-0.2, 0) is 0 Å². The summed E-state index contributed by atoms with van der Waals surface area (Å²) in [4.78, 5) is 0. The highest BCUT2D eigenvalue weighted by molar-refractivity contribution is 5.83. The molecule has 0 radical (unpaired) electrons. The monoisotopic (exact) mass is 244 g/mol. The van der Waals surface area contributed by atoms with Crippen LogP contribution in [-0.4, -0.2) is 17.3 Å². The van der Waals surface area contributed by atoms with Crippen molar-refractivity contribution >= 4 is 10.8 Å². The number of hydrogen-bond donors (Lipinski definition) is 1. The van der Waals surface area contributed by atoms with Crippen molar-refractivity contribution < 1.29 is 9.84 Å². The Bertz CT molecular complexity index is 515. The summed E-state index contributed by atoms with van der Waals surface area (Å²) in [6, 6.07) is 14.2. The molecule has 0 aliphatic carbocycles. The minimum absolute atomic E-state index is 0.346. The highest BCUT2D eigenvalue weighted by atomic mass is 16.5. The molecule has 0 bridgehead atoms. The van der Waals surface area contributed by atoms with Crippen LogP contribution in [0.2, 0.25) is 0 Å². The van der Waals surface area contributed by atoms with Gasteiger partial charge in [-0.3, -0.25) is 0 Å². The second-order valence-electron chi connectivity index (χ2n) is 4.73. The SMILES string of the molecule is CCC(O)(CC)COc1ccc2ccccc2c1. The lowest BCUT2D eigenvalue weighted by molar-refractivity contribution is -0.0113. The normalized spacial score (nSPS) is 11.7. The Morgan fingerprint density at radius 1 is 1.00 bits per heavy atom. The molecule has 0 spiro atoms. The van der Waals surface area contributed by atoms with E-state index in [0.29, 0.717) is 19.4 Å². The number of ether oxygens (including phenoxy) is 1. The topological polar surface area (TPSA) is 29.5 Å². The van der Waals surface area contributed by atoms with E-state index in [-0.39, 0.29) is 0 Å².